The average molecular weight is 495 g/mol. The lowest BCUT2D eigenvalue weighted by atomic mass is 9.99. The number of carbonyl (C=O) groups excluding carboxylic acids is 2. The highest BCUT2D eigenvalue weighted by atomic mass is 16.7. The molecule has 0 aromatic heterocycles. The summed E-state index contributed by atoms with van der Waals surface area (Å²) in [5.41, 5.74) is 6.28. The number of amides is 1. The minimum Gasteiger partial charge on any atom is -0.488 e. The zero-order valence-electron chi connectivity index (χ0n) is 23.2. The van der Waals surface area contributed by atoms with E-state index in [9.17, 15) is 9.59 Å². The zero-order chi connectivity index (χ0) is 27.0. The predicted molar refractivity (Wildman–Crippen MR) is 137 cm³/mol. The van der Waals surface area contributed by atoms with Crippen LogP contribution >= 0.6 is 0 Å². The Morgan fingerprint density at radius 1 is 0.943 bits per heavy atom. The monoisotopic (exact) mass is 494 g/mol. The van der Waals surface area contributed by atoms with Crippen LogP contribution in [0.1, 0.15) is 67.4 Å². The Labute approximate surface area is 211 Å². The van der Waals surface area contributed by atoms with Gasteiger partial charge in [-0.3, -0.25) is 4.79 Å². The third kappa shape index (κ3) is 11.4. The van der Waals surface area contributed by atoms with E-state index >= 15 is 0 Å². The van der Waals surface area contributed by atoms with Crippen molar-refractivity contribution in [2.24, 2.45) is 11.7 Å². The topological polar surface area (TPSA) is 100 Å². The summed E-state index contributed by atoms with van der Waals surface area (Å²) in [6, 6.07) is 5.84. The summed E-state index contributed by atoms with van der Waals surface area (Å²) in [6.45, 7) is 15.4. The highest BCUT2D eigenvalue weighted by molar-refractivity contribution is 5.88. The van der Waals surface area contributed by atoms with E-state index in [0.29, 0.717) is 12.8 Å². The molecule has 0 radical (unpaired) electrons. The summed E-state index contributed by atoms with van der Waals surface area (Å²) in [6.07, 6.45) is 0.0160. The summed E-state index contributed by atoms with van der Waals surface area (Å²) in [5.74, 6) is 0.0442. The minimum atomic E-state index is -0.865. The number of methoxy groups -OCH3 is 2. The van der Waals surface area contributed by atoms with Gasteiger partial charge in [-0.1, -0.05) is 26.0 Å². The van der Waals surface area contributed by atoms with Crippen LogP contribution in [0.5, 0.6) is 5.75 Å². The molecule has 8 heteroatoms. The maximum absolute atomic E-state index is 13.6. The Kier molecular flexibility index (Phi) is 11.7. The number of esters is 1. The van der Waals surface area contributed by atoms with Gasteiger partial charge >= 0.3 is 5.97 Å². The quantitative estimate of drug-likeness (QED) is 0.347. The van der Waals surface area contributed by atoms with Gasteiger partial charge in [0.2, 0.25) is 5.91 Å². The van der Waals surface area contributed by atoms with Crippen LogP contribution in [0.15, 0.2) is 24.3 Å². The Morgan fingerprint density at radius 2 is 1.49 bits per heavy atom. The van der Waals surface area contributed by atoms with E-state index < -0.39 is 29.9 Å². The molecule has 2 atom stereocenters. The number of nitrogens with zero attached hydrogens (tertiary/aromatic N) is 1. The fourth-order valence-electron chi connectivity index (χ4n) is 3.55. The number of nitrogens with two attached hydrogens (primary N) is 1. The summed E-state index contributed by atoms with van der Waals surface area (Å²) in [5, 5.41) is 0. The van der Waals surface area contributed by atoms with Crippen molar-refractivity contribution in [1.29, 1.82) is 0 Å². The highest BCUT2D eigenvalue weighted by Gasteiger charge is 2.37. The summed E-state index contributed by atoms with van der Waals surface area (Å²) < 4.78 is 22.2. The molecule has 0 unspecified atom stereocenters. The van der Waals surface area contributed by atoms with Crippen LogP contribution in [0, 0.1) is 5.92 Å². The lowest BCUT2D eigenvalue weighted by molar-refractivity contribution is -0.172. The molecule has 35 heavy (non-hydrogen) atoms. The van der Waals surface area contributed by atoms with Crippen molar-refractivity contribution in [2.75, 3.05) is 20.8 Å². The van der Waals surface area contributed by atoms with Gasteiger partial charge < -0.3 is 29.6 Å². The van der Waals surface area contributed by atoms with Gasteiger partial charge in [-0.25, -0.2) is 4.79 Å². The fraction of sp³-hybridized carbons (Fsp3) is 0.704. The summed E-state index contributed by atoms with van der Waals surface area (Å²) in [7, 11) is 2.98. The molecule has 2 N–H and O–H groups in total. The lowest BCUT2D eigenvalue weighted by Gasteiger charge is -2.36. The Hall–Kier alpha value is -2.16. The van der Waals surface area contributed by atoms with Gasteiger partial charge in [0.1, 0.15) is 23.0 Å². The molecule has 0 heterocycles. The van der Waals surface area contributed by atoms with E-state index in [2.05, 4.69) is 0 Å². The molecule has 0 aliphatic rings. The van der Waals surface area contributed by atoms with E-state index in [4.69, 9.17) is 24.7 Å². The molecule has 1 aromatic carbocycles. The minimum absolute atomic E-state index is 0.0501. The van der Waals surface area contributed by atoms with Gasteiger partial charge in [0.15, 0.2) is 6.29 Å². The first-order valence-corrected chi connectivity index (χ1v) is 12.2. The van der Waals surface area contributed by atoms with E-state index in [1.54, 1.807) is 20.8 Å². The molecular weight excluding hydrogens is 448 g/mol. The first kappa shape index (κ1) is 30.9. The number of carbonyl (C=O) groups is 2. The number of hydrogen-bond donors (Lipinski definition) is 1. The SMILES string of the molecule is COC(CN(C(=O)[C@@H](N)Cc1ccc(OC(C)(C)C)cc1)[C@@H](CC(C)C)C(=O)OC(C)(C)C)OC. The van der Waals surface area contributed by atoms with Crippen molar-refractivity contribution < 1.29 is 28.5 Å². The van der Waals surface area contributed by atoms with Crippen LogP contribution in [0.25, 0.3) is 0 Å². The smallest absolute Gasteiger partial charge is 0.329 e. The predicted octanol–water partition coefficient (Wildman–Crippen LogP) is 3.94. The Balaban J connectivity index is 3.18. The molecule has 1 rings (SSSR count). The fourth-order valence-corrected chi connectivity index (χ4v) is 3.55. The second-order valence-electron chi connectivity index (χ2n) is 11.2. The van der Waals surface area contributed by atoms with E-state index in [-0.39, 0.29) is 24.0 Å². The van der Waals surface area contributed by atoms with Crippen LogP contribution in [0.3, 0.4) is 0 Å². The van der Waals surface area contributed by atoms with Crippen LogP contribution in [-0.4, -0.2) is 67.1 Å². The van der Waals surface area contributed by atoms with Crippen molar-refractivity contribution in [3.63, 3.8) is 0 Å². The van der Waals surface area contributed by atoms with Crippen molar-refractivity contribution in [2.45, 2.75) is 97.8 Å². The number of ether oxygens (including phenoxy) is 4. The van der Waals surface area contributed by atoms with Crippen LogP contribution < -0.4 is 10.5 Å². The van der Waals surface area contributed by atoms with E-state index in [0.717, 1.165) is 11.3 Å². The molecule has 0 fully saturated rings. The normalized spacial score (nSPS) is 14.1. The van der Waals surface area contributed by atoms with Gasteiger partial charge in [-0.2, -0.15) is 0 Å². The molecule has 1 aromatic rings. The molecule has 0 bridgehead atoms. The van der Waals surface area contributed by atoms with Gasteiger partial charge in [0.25, 0.3) is 0 Å². The van der Waals surface area contributed by atoms with Crippen LogP contribution in [0.4, 0.5) is 0 Å². The van der Waals surface area contributed by atoms with Crippen LogP contribution in [-0.2, 0) is 30.2 Å². The van der Waals surface area contributed by atoms with Crippen molar-refractivity contribution in [3.05, 3.63) is 29.8 Å². The van der Waals surface area contributed by atoms with Crippen LogP contribution in [0.2, 0.25) is 0 Å². The summed E-state index contributed by atoms with van der Waals surface area (Å²) >= 11 is 0. The van der Waals surface area contributed by atoms with E-state index in [1.807, 2.05) is 58.9 Å². The molecule has 0 aliphatic heterocycles. The molecule has 0 aliphatic carbocycles. The van der Waals surface area contributed by atoms with Gasteiger partial charge in [-0.05, 0) is 78.0 Å². The van der Waals surface area contributed by atoms with Crippen molar-refractivity contribution in [3.8, 4) is 5.75 Å². The molecule has 0 spiro atoms. The largest absolute Gasteiger partial charge is 0.488 e. The molecular formula is C27H46N2O6. The van der Waals surface area contributed by atoms with Gasteiger partial charge in [0.05, 0.1) is 12.6 Å². The third-order valence-corrected chi connectivity index (χ3v) is 5.02. The molecule has 8 nitrogen and oxygen atoms in total. The number of rotatable bonds is 12. The maximum atomic E-state index is 13.6. The van der Waals surface area contributed by atoms with Gasteiger partial charge in [0, 0.05) is 14.2 Å². The molecule has 200 valence electrons. The Bertz CT molecular complexity index is 791. The van der Waals surface area contributed by atoms with Crippen molar-refractivity contribution in [1.82, 2.24) is 4.90 Å². The first-order chi connectivity index (χ1) is 16.1. The molecule has 0 saturated carbocycles. The Morgan fingerprint density at radius 3 is 1.91 bits per heavy atom. The standard InChI is InChI=1S/C27H46N2O6/c1-18(2)15-22(25(31)35-27(6,7)8)29(17-23(32-9)33-10)24(30)21(28)16-19-11-13-20(14-12-19)34-26(3,4)5/h11-14,18,21-23H,15-17,28H2,1-10H3/t21-,22-/m0/s1. The number of benzene rings is 1. The number of hydrogen-bond acceptors (Lipinski definition) is 7. The highest BCUT2D eigenvalue weighted by Crippen LogP contribution is 2.22. The van der Waals surface area contributed by atoms with Crippen molar-refractivity contribution >= 4 is 11.9 Å². The molecule has 1 amide bonds. The first-order valence-electron chi connectivity index (χ1n) is 12.2. The molecule has 0 saturated heterocycles. The zero-order valence-corrected chi connectivity index (χ0v) is 23.2. The lowest BCUT2D eigenvalue weighted by Crippen LogP contribution is -2.56. The third-order valence-electron chi connectivity index (χ3n) is 5.02. The summed E-state index contributed by atoms with van der Waals surface area (Å²) in [4.78, 5) is 28.3. The van der Waals surface area contributed by atoms with Gasteiger partial charge in [-0.15, -0.1) is 0 Å². The second-order valence-corrected chi connectivity index (χ2v) is 11.2. The average Bonchev–Trinajstić information content (AvgIpc) is 2.71. The van der Waals surface area contributed by atoms with E-state index in [1.165, 1.54) is 19.1 Å². The maximum Gasteiger partial charge on any atom is 0.329 e. The second kappa shape index (κ2) is 13.2.